The first-order valence-corrected chi connectivity index (χ1v) is 10.8. The molecular formula is C22H21N3O2S. The van der Waals surface area contributed by atoms with Crippen molar-refractivity contribution in [3.8, 4) is 6.07 Å². The van der Waals surface area contributed by atoms with Crippen LogP contribution in [0, 0.1) is 39.2 Å². The molecule has 4 saturated carbocycles. The van der Waals surface area contributed by atoms with Gasteiger partial charge in [0.05, 0.1) is 16.2 Å². The Morgan fingerprint density at radius 2 is 1.93 bits per heavy atom. The first-order valence-electron chi connectivity index (χ1n) is 9.87. The van der Waals surface area contributed by atoms with Gasteiger partial charge in [-0.05, 0) is 67.9 Å². The minimum atomic E-state index is -0.419. The molecule has 0 N–H and O–H groups in total. The summed E-state index contributed by atoms with van der Waals surface area (Å²) in [7, 11) is 0. The highest BCUT2D eigenvalue weighted by Gasteiger charge is 2.52. The molecule has 4 aliphatic rings. The van der Waals surface area contributed by atoms with Crippen LogP contribution >= 0.6 is 11.3 Å². The van der Waals surface area contributed by atoms with Crippen LogP contribution in [0.3, 0.4) is 0 Å². The van der Waals surface area contributed by atoms with Crippen LogP contribution in [-0.4, -0.2) is 9.91 Å². The number of benzene rings is 1. The van der Waals surface area contributed by atoms with Crippen molar-refractivity contribution < 1.29 is 4.92 Å². The number of aromatic nitrogens is 1. The van der Waals surface area contributed by atoms with Crippen molar-refractivity contribution >= 4 is 28.7 Å². The number of hydrogen-bond acceptors (Lipinski definition) is 5. The van der Waals surface area contributed by atoms with E-state index in [0.717, 1.165) is 22.8 Å². The molecule has 0 aliphatic heterocycles. The van der Waals surface area contributed by atoms with Crippen molar-refractivity contribution in [1.82, 2.24) is 4.98 Å². The third kappa shape index (κ3) is 2.94. The number of thiazole rings is 1. The van der Waals surface area contributed by atoms with E-state index in [-0.39, 0.29) is 11.1 Å². The Morgan fingerprint density at radius 3 is 2.54 bits per heavy atom. The Kier molecular flexibility index (Phi) is 4.09. The maximum absolute atomic E-state index is 11.0. The van der Waals surface area contributed by atoms with Crippen molar-refractivity contribution in [2.45, 2.75) is 43.9 Å². The summed E-state index contributed by atoms with van der Waals surface area (Å²) in [6.45, 7) is 0. The van der Waals surface area contributed by atoms with Crippen molar-refractivity contribution in [1.29, 1.82) is 5.26 Å². The van der Waals surface area contributed by atoms with E-state index in [4.69, 9.17) is 4.98 Å². The first kappa shape index (κ1) is 17.6. The highest BCUT2D eigenvalue weighted by molar-refractivity contribution is 7.11. The van der Waals surface area contributed by atoms with Gasteiger partial charge in [0.1, 0.15) is 11.1 Å². The van der Waals surface area contributed by atoms with Gasteiger partial charge >= 0.3 is 0 Å². The average Bonchev–Trinajstić information content (AvgIpc) is 3.16. The summed E-state index contributed by atoms with van der Waals surface area (Å²) in [5, 5.41) is 23.5. The summed E-state index contributed by atoms with van der Waals surface area (Å²) in [6.07, 6.45) is 9.64. The molecule has 0 radical (unpaired) electrons. The topological polar surface area (TPSA) is 79.8 Å². The van der Waals surface area contributed by atoms with Crippen LogP contribution in [-0.2, 0) is 5.41 Å². The molecule has 1 aromatic heterocycles. The minimum absolute atomic E-state index is 0.0273. The molecule has 4 aliphatic carbocycles. The quantitative estimate of drug-likeness (QED) is 0.387. The van der Waals surface area contributed by atoms with Crippen molar-refractivity contribution in [2.24, 2.45) is 17.8 Å². The summed E-state index contributed by atoms with van der Waals surface area (Å²) >= 11 is 1.53. The van der Waals surface area contributed by atoms with Gasteiger partial charge in [0, 0.05) is 22.9 Å². The van der Waals surface area contributed by atoms with Gasteiger partial charge in [-0.25, -0.2) is 4.98 Å². The average molecular weight is 391 g/mol. The molecule has 4 fully saturated rings. The Hall–Kier alpha value is -2.52. The van der Waals surface area contributed by atoms with Gasteiger partial charge < -0.3 is 0 Å². The fourth-order valence-electron chi connectivity index (χ4n) is 6.10. The van der Waals surface area contributed by atoms with Crippen LogP contribution in [0.15, 0.2) is 29.6 Å². The van der Waals surface area contributed by atoms with Crippen LogP contribution in [0.1, 0.15) is 54.8 Å². The molecule has 4 bridgehead atoms. The van der Waals surface area contributed by atoms with Crippen LogP contribution in [0.4, 0.5) is 5.69 Å². The third-order valence-electron chi connectivity index (χ3n) is 6.83. The molecule has 1 heterocycles. The molecule has 1 aromatic carbocycles. The third-order valence-corrected chi connectivity index (χ3v) is 7.70. The van der Waals surface area contributed by atoms with Gasteiger partial charge in [0.15, 0.2) is 0 Å². The molecular weight excluding hydrogens is 370 g/mol. The molecule has 2 aromatic rings. The van der Waals surface area contributed by atoms with Gasteiger partial charge in [-0.1, -0.05) is 12.1 Å². The molecule has 6 rings (SSSR count). The van der Waals surface area contributed by atoms with E-state index in [1.165, 1.54) is 67.7 Å². The zero-order valence-corrected chi connectivity index (χ0v) is 16.3. The van der Waals surface area contributed by atoms with E-state index >= 15 is 0 Å². The Labute approximate surface area is 167 Å². The SMILES string of the molecule is N#C/C(=C\c1cccc([N+](=O)[O-])c1)c1nc(C23CC4CC(CC(C4)C2)C3)cs1. The molecule has 0 spiro atoms. The van der Waals surface area contributed by atoms with Crippen molar-refractivity contribution in [2.75, 3.05) is 0 Å². The summed E-state index contributed by atoms with van der Waals surface area (Å²) in [6, 6.07) is 8.61. The first-order chi connectivity index (χ1) is 13.5. The van der Waals surface area contributed by atoms with Crippen LogP contribution in [0.2, 0.25) is 0 Å². The van der Waals surface area contributed by atoms with Gasteiger partial charge in [0.2, 0.25) is 0 Å². The zero-order chi connectivity index (χ0) is 19.3. The molecule has 142 valence electrons. The Bertz CT molecular complexity index is 982. The van der Waals surface area contributed by atoms with E-state index in [1.807, 2.05) is 0 Å². The highest BCUT2D eigenvalue weighted by atomic mass is 32.1. The van der Waals surface area contributed by atoms with E-state index in [0.29, 0.717) is 11.1 Å². The molecule has 28 heavy (non-hydrogen) atoms. The van der Waals surface area contributed by atoms with Gasteiger partial charge in [-0.15, -0.1) is 11.3 Å². The molecule has 0 amide bonds. The highest BCUT2D eigenvalue weighted by Crippen LogP contribution is 2.60. The molecule has 5 nitrogen and oxygen atoms in total. The standard InChI is InChI=1S/C22H21N3O2S/c23-12-18(7-14-2-1-3-19(8-14)25(26)27)21-24-20(13-28-21)22-9-15-4-16(10-22)6-17(5-15)11-22/h1-3,7-8,13,15-17H,4-6,9-11H2/b18-7+. The van der Waals surface area contributed by atoms with E-state index in [9.17, 15) is 15.4 Å². The number of rotatable bonds is 4. The fourth-order valence-corrected chi connectivity index (χ4v) is 7.01. The molecule has 0 saturated heterocycles. The summed E-state index contributed by atoms with van der Waals surface area (Å²) in [5.74, 6) is 2.56. The van der Waals surface area contributed by atoms with Crippen LogP contribution in [0.5, 0.6) is 0 Å². The predicted octanol–water partition coefficient (Wildman–Crippen LogP) is 5.58. The van der Waals surface area contributed by atoms with Crippen LogP contribution < -0.4 is 0 Å². The van der Waals surface area contributed by atoms with E-state index in [2.05, 4.69) is 11.4 Å². The number of nitro benzene ring substituents is 1. The van der Waals surface area contributed by atoms with Crippen molar-refractivity contribution in [3.63, 3.8) is 0 Å². The summed E-state index contributed by atoms with van der Waals surface area (Å²) in [5.41, 5.74) is 2.54. The lowest BCUT2D eigenvalue weighted by molar-refractivity contribution is -0.384. The number of non-ortho nitro benzene ring substituents is 1. The number of nitriles is 1. The van der Waals surface area contributed by atoms with Crippen LogP contribution in [0.25, 0.3) is 11.6 Å². The number of hydrogen-bond donors (Lipinski definition) is 0. The predicted molar refractivity (Wildman–Crippen MR) is 109 cm³/mol. The Morgan fingerprint density at radius 1 is 1.25 bits per heavy atom. The maximum Gasteiger partial charge on any atom is 0.270 e. The fraction of sp³-hybridized carbons (Fsp3) is 0.455. The monoisotopic (exact) mass is 391 g/mol. The zero-order valence-electron chi connectivity index (χ0n) is 15.5. The second-order valence-electron chi connectivity index (χ2n) is 8.76. The molecule has 0 unspecified atom stereocenters. The van der Waals surface area contributed by atoms with Gasteiger partial charge in [-0.2, -0.15) is 5.26 Å². The summed E-state index contributed by atoms with van der Waals surface area (Å²) in [4.78, 5) is 15.5. The lowest BCUT2D eigenvalue weighted by Crippen LogP contribution is -2.48. The number of allylic oxidation sites excluding steroid dienone is 1. The van der Waals surface area contributed by atoms with Gasteiger partial charge in [-0.3, -0.25) is 10.1 Å². The second-order valence-corrected chi connectivity index (χ2v) is 9.62. The Balaban J connectivity index is 1.46. The molecule has 6 heteroatoms. The van der Waals surface area contributed by atoms with Crippen molar-refractivity contribution in [3.05, 3.63) is 56.0 Å². The summed E-state index contributed by atoms with van der Waals surface area (Å²) < 4.78 is 0. The normalized spacial score (nSPS) is 31.0. The number of nitro groups is 1. The lowest BCUT2D eigenvalue weighted by atomic mass is 9.49. The lowest BCUT2D eigenvalue weighted by Gasteiger charge is -2.56. The van der Waals surface area contributed by atoms with E-state index < -0.39 is 4.92 Å². The van der Waals surface area contributed by atoms with E-state index in [1.54, 1.807) is 18.2 Å². The minimum Gasteiger partial charge on any atom is -0.258 e. The largest absolute Gasteiger partial charge is 0.270 e. The number of nitrogens with zero attached hydrogens (tertiary/aromatic N) is 3. The maximum atomic E-state index is 11.0. The molecule has 0 atom stereocenters. The second kappa shape index (κ2) is 6.52. The smallest absolute Gasteiger partial charge is 0.258 e. The van der Waals surface area contributed by atoms with Gasteiger partial charge in [0.25, 0.3) is 5.69 Å².